The lowest BCUT2D eigenvalue weighted by molar-refractivity contribution is 0.400. The molecule has 0 saturated carbocycles. The molecule has 1 N–H and O–H groups in total. The summed E-state index contributed by atoms with van der Waals surface area (Å²) in [5.74, 6) is -0.120. The number of hydrogen-bond donors (Lipinski definition) is 1. The van der Waals surface area contributed by atoms with E-state index in [-0.39, 0.29) is 5.82 Å². The van der Waals surface area contributed by atoms with E-state index in [0.29, 0.717) is 0 Å². The molecule has 1 aromatic carbocycles. The van der Waals surface area contributed by atoms with E-state index in [9.17, 15) is 4.39 Å². The maximum Gasteiger partial charge on any atom is 0.146 e. The number of benzene rings is 1. The van der Waals surface area contributed by atoms with E-state index in [0.717, 1.165) is 56.8 Å². The van der Waals surface area contributed by atoms with E-state index >= 15 is 0 Å². The molecular formula is C17H30FN3. The van der Waals surface area contributed by atoms with Gasteiger partial charge in [0, 0.05) is 32.7 Å². The molecule has 0 radical (unpaired) electrons. The van der Waals surface area contributed by atoms with Gasteiger partial charge in [0.1, 0.15) is 5.82 Å². The van der Waals surface area contributed by atoms with Crippen molar-refractivity contribution >= 4 is 5.69 Å². The molecule has 0 aliphatic carbocycles. The fourth-order valence-corrected chi connectivity index (χ4v) is 2.24. The molecular weight excluding hydrogens is 265 g/mol. The quantitative estimate of drug-likeness (QED) is 0.669. The van der Waals surface area contributed by atoms with Gasteiger partial charge in [0.25, 0.3) is 0 Å². The second kappa shape index (κ2) is 9.74. The van der Waals surface area contributed by atoms with Crippen molar-refractivity contribution in [2.45, 2.75) is 33.2 Å². The lowest BCUT2D eigenvalue weighted by Crippen LogP contribution is -2.27. The Labute approximate surface area is 129 Å². The largest absolute Gasteiger partial charge is 0.369 e. The van der Waals surface area contributed by atoms with E-state index in [2.05, 4.69) is 43.1 Å². The first-order chi connectivity index (χ1) is 10.1. The van der Waals surface area contributed by atoms with Crippen molar-refractivity contribution in [2.75, 3.05) is 45.2 Å². The average Bonchev–Trinajstić information content (AvgIpc) is 2.46. The summed E-state index contributed by atoms with van der Waals surface area (Å²) in [7, 11) is 4.12. The summed E-state index contributed by atoms with van der Waals surface area (Å²) >= 11 is 0. The van der Waals surface area contributed by atoms with Crippen LogP contribution in [0.15, 0.2) is 18.2 Å². The van der Waals surface area contributed by atoms with Gasteiger partial charge in [-0.25, -0.2) is 4.39 Å². The van der Waals surface area contributed by atoms with Crippen molar-refractivity contribution in [3.8, 4) is 0 Å². The van der Waals surface area contributed by atoms with Crippen LogP contribution < -0.4 is 10.2 Å². The van der Waals surface area contributed by atoms with Gasteiger partial charge < -0.3 is 15.1 Å². The van der Waals surface area contributed by atoms with Crippen molar-refractivity contribution in [2.24, 2.45) is 0 Å². The molecule has 1 aromatic rings. The monoisotopic (exact) mass is 295 g/mol. The Morgan fingerprint density at radius 2 is 1.90 bits per heavy atom. The highest BCUT2D eigenvalue weighted by Gasteiger charge is 2.10. The third kappa shape index (κ3) is 6.44. The van der Waals surface area contributed by atoms with E-state index in [1.165, 1.54) is 0 Å². The lowest BCUT2D eigenvalue weighted by Gasteiger charge is -2.24. The normalized spacial score (nSPS) is 11.1. The molecule has 21 heavy (non-hydrogen) atoms. The topological polar surface area (TPSA) is 18.5 Å². The number of halogens is 1. The van der Waals surface area contributed by atoms with Crippen molar-refractivity contribution in [1.29, 1.82) is 0 Å². The van der Waals surface area contributed by atoms with E-state index in [1.54, 1.807) is 6.07 Å². The van der Waals surface area contributed by atoms with Gasteiger partial charge in [-0.3, -0.25) is 0 Å². The maximum atomic E-state index is 14.1. The van der Waals surface area contributed by atoms with Crippen LogP contribution in [0.5, 0.6) is 0 Å². The maximum absolute atomic E-state index is 14.1. The number of nitrogens with zero attached hydrogens (tertiary/aromatic N) is 2. The molecule has 0 aliphatic rings. The van der Waals surface area contributed by atoms with Gasteiger partial charge in [0.05, 0.1) is 5.69 Å². The fraction of sp³-hybridized carbons (Fsp3) is 0.647. The first-order valence-electron chi connectivity index (χ1n) is 7.97. The Morgan fingerprint density at radius 1 is 1.14 bits per heavy atom. The highest BCUT2D eigenvalue weighted by molar-refractivity contribution is 5.50. The Morgan fingerprint density at radius 3 is 2.52 bits per heavy atom. The van der Waals surface area contributed by atoms with Crippen LogP contribution in [0.1, 0.15) is 32.3 Å². The zero-order valence-electron chi connectivity index (χ0n) is 14.0. The van der Waals surface area contributed by atoms with Crippen LogP contribution in [0.4, 0.5) is 10.1 Å². The van der Waals surface area contributed by atoms with Gasteiger partial charge in [-0.1, -0.05) is 19.4 Å². The molecule has 120 valence electrons. The van der Waals surface area contributed by atoms with E-state index in [4.69, 9.17) is 0 Å². The second-order valence-electron chi connectivity index (χ2n) is 5.70. The van der Waals surface area contributed by atoms with Crippen LogP contribution >= 0.6 is 0 Å². The predicted octanol–water partition coefficient (Wildman–Crippen LogP) is 3.10. The molecule has 0 atom stereocenters. The summed E-state index contributed by atoms with van der Waals surface area (Å²) in [6.07, 6.45) is 2.22. The molecule has 0 saturated heterocycles. The highest BCUT2D eigenvalue weighted by atomic mass is 19.1. The minimum absolute atomic E-state index is 0.120. The average molecular weight is 295 g/mol. The molecule has 3 nitrogen and oxygen atoms in total. The standard InChI is InChI=1S/C17H30FN3/c1-5-7-11-21(6-2)17-13-15(8-9-16(17)18)14-19-10-12-20(3)4/h8-9,13,19H,5-7,10-12,14H2,1-4H3. The number of rotatable bonds is 10. The SMILES string of the molecule is CCCCN(CC)c1cc(CNCCN(C)C)ccc1F. The summed E-state index contributed by atoms with van der Waals surface area (Å²) < 4.78 is 14.1. The van der Waals surface area contributed by atoms with Gasteiger partial charge in [-0.05, 0) is 45.1 Å². The Hall–Kier alpha value is -1.13. The number of anilines is 1. The predicted molar refractivity (Wildman–Crippen MR) is 89.5 cm³/mol. The third-order valence-corrected chi connectivity index (χ3v) is 3.58. The van der Waals surface area contributed by atoms with Gasteiger partial charge in [0.2, 0.25) is 0 Å². The minimum Gasteiger partial charge on any atom is -0.369 e. The number of nitrogens with one attached hydrogen (secondary N) is 1. The summed E-state index contributed by atoms with van der Waals surface area (Å²) in [4.78, 5) is 4.27. The van der Waals surface area contributed by atoms with Crippen LogP contribution in [0, 0.1) is 5.82 Å². The summed E-state index contributed by atoms with van der Waals surface area (Å²) in [6.45, 7) is 8.73. The Kier molecular flexibility index (Phi) is 8.31. The molecule has 0 unspecified atom stereocenters. The Bertz CT molecular complexity index is 407. The van der Waals surface area contributed by atoms with Gasteiger partial charge in [0.15, 0.2) is 0 Å². The lowest BCUT2D eigenvalue weighted by atomic mass is 10.1. The first kappa shape index (κ1) is 17.9. The Balaban J connectivity index is 2.65. The fourth-order valence-electron chi connectivity index (χ4n) is 2.24. The van der Waals surface area contributed by atoms with E-state index in [1.807, 2.05) is 12.1 Å². The van der Waals surface area contributed by atoms with Crippen molar-refractivity contribution in [1.82, 2.24) is 10.2 Å². The minimum atomic E-state index is -0.120. The van der Waals surface area contributed by atoms with Crippen LogP contribution in [-0.2, 0) is 6.54 Å². The summed E-state index contributed by atoms with van der Waals surface area (Å²) in [5.41, 5.74) is 1.87. The molecule has 0 spiro atoms. The number of likely N-dealkylation sites (N-methyl/N-ethyl adjacent to an activating group) is 1. The zero-order valence-corrected chi connectivity index (χ0v) is 14.0. The number of unbranched alkanes of at least 4 members (excludes halogenated alkanes) is 1. The van der Waals surface area contributed by atoms with Crippen LogP contribution in [-0.4, -0.2) is 45.2 Å². The highest BCUT2D eigenvalue weighted by Crippen LogP contribution is 2.21. The molecule has 0 fully saturated rings. The van der Waals surface area contributed by atoms with Crippen molar-refractivity contribution < 1.29 is 4.39 Å². The van der Waals surface area contributed by atoms with Crippen molar-refractivity contribution in [3.05, 3.63) is 29.6 Å². The van der Waals surface area contributed by atoms with Crippen molar-refractivity contribution in [3.63, 3.8) is 0 Å². The molecule has 0 bridgehead atoms. The molecule has 4 heteroatoms. The molecule has 0 heterocycles. The number of hydrogen-bond acceptors (Lipinski definition) is 3. The van der Waals surface area contributed by atoms with Gasteiger partial charge in [-0.15, -0.1) is 0 Å². The molecule has 0 aromatic heterocycles. The van der Waals surface area contributed by atoms with Crippen LogP contribution in [0.25, 0.3) is 0 Å². The molecule has 0 amide bonds. The molecule has 0 aliphatic heterocycles. The van der Waals surface area contributed by atoms with Gasteiger partial charge >= 0.3 is 0 Å². The van der Waals surface area contributed by atoms with Crippen LogP contribution in [0.3, 0.4) is 0 Å². The third-order valence-electron chi connectivity index (χ3n) is 3.58. The summed E-state index contributed by atoms with van der Waals surface area (Å²) in [5, 5.41) is 3.40. The second-order valence-corrected chi connectivity index (χ2v) is 5.70. The first-order valence-corrected chi connectivity index (χ1v) is 7.97. The molecule has 1 rings (SSSR count). The van der Waals surface area contributed by atoms with E-state index < -0.39 is 0 Å². The zero-order chi connectivity index (χ0) is 15.7. The summed E-state index contributed by atoms with van der Waals surface area (Å²) in [6, 6.07) is 5.44. The van der Waals surface area contributed by atoms with Crippen LogP contribution in [0.2, 0.25) is 0 Å². The van der Waals surface area contributed by atoms with Gasteiger partial charge in [-0.2, -0.15) is 0 Å². The smallest absolute Gasteiger partial charge is 0.146 e.